The lowest BCUT2D eigenvalue weighted by atomic mass is 10.1. The van der Waals surface area contributed by atoms with Crippen molar-refractivity contribution in [2.75, 3.05) is 6.54 Å². The standard InChI is InChI=1S/C19H18N2O2/c1-13-5-4-10-21(13)19(22)17-12-18(23-20-17)16-9-8-14-6-2-3-7-15(14)11-16/h2-3,6-9,11-13H,4-5,10H2,1H3. The molecule has 0 bridgehead atoms. The lowest BCUT2D eigenvalue weighted by Gasteiger charge is -2.19. The number of aromatic nitrogens is 1. The Morgan fingerprint density at radius 1 is 1.17 bits per heavy atom. The van der Waals surface area contributed by atoms with Gasteiger partial charge in [-0.05, 0) is 36.6 Å². The summed E-state index contributed by atoms with van der Waals surface area (Å²) in [5.74, 6) is 0.594. The number of hydrogen-bond acceptors (Lipinski definition) is 3. The van der Waals surface area contributed by atoms with Gasteiger partial charge in [0.05, 0.1) is 0 Å². The summed E-state index contributed by atoms with van der Waals surface area (Å²) in [5.41, 5.74) is 1.33. The first-order chi connectivity index (χ1) is 11.2. The Labute approximate surface area is 134 Å². The maximum atomic E-state index is 12.5. The molecule has 1 fully saturated rings. The number of carbonyl (C=O) groups excluding carboxylic acids is 1. The molecule has 116 valence electrons. The number of nitrogens with zero attached hydrogens (tertiary/aromatic N) is 2. The molecule has 4 nitrogen and oxygen atoms in total. The van der Waals surface area contributed by atoms with E-state index in [1.807, 2.05) is 23.1 Å². The maximum Gasteiger partial charge on any atom is 0.276 e. The van der Waals surface area contributed by atoms with Crippen molar-refractivity contribution in [2.24, 2.45) is 0 Å². The minimum Gasteiger partial charge on any atom is -0.355 e. The van der Waals surface area contributed by atoms with E-state index in [1.54, 1.807) is 6.07 Å². The van der Waals surface area contributed by atoms with Crippen molar-refractivity contribution in [1.82, 2.24) is 10.1 Å². The maximum absolute atomic E-state index is 12.5. The molecule has 2 aromatic carbocycles. The molecule has 0 saturated carbocycles. The number of rotatable bonds is 2. The van der Waals surface area contributed by atoms with E-state index in [9.17, 15) is 4.79 Å². The fraction of sp³-hybridized carbons (Fsp3) is 0.263. The highest BCUT2D eigenvalue weighted by Gasteiger charge is 2.28. The van der Waals surface area contributed by atoms with Gasteiger partial charge in [0.1, 0.15) is 0 Å². The number of carbonyl (C=O) groups is 1. The van der Waals surface area contributed by atoms with Crippen LogP contribution in [0.1, 0.15) is 30.3 Å². The number of benzene rings is 2. The third kappa shape index (κ3) is 2.50. The Kier molecular flexibility index (Phi) is 3.37. The molecule has 1 aliphatic heterocycles. The van der Waals surface area contributed by atoms with Gasteiger partial charge in [-0.1, -0.05) is 41.6 Å². The van der Waals surface area contributed by atoms with Gasteiger partial charge >= 0.3 is 0 Å². The summed E-state index contributed by atoms with van der Waals surface area (Å²) in [4.78, 5) is 14.4. The monoisotopic (exact) mass is 306 g/mol. The van der Waals surface area contributed by atoms with E-state index in [2.05, 4.69) is 36.3 Å². The van der Waals surface area contributed by atoms with Gasteiger partial charge in [-0.15, -0.1) is 0 Å². The molecular formula is C19H18N2O2. The Balaban J connectivity index is 1.65. The van der Waals surface area contributed by atoms with Crippen LogP contribution in [0.5, 0.6) is 0 Å². The van der Waals surface area contributed by atoms with Gasteiger partial charge in [-0.2, -0.15) is 0 Å². The normalized spacial score (nSPS) is 17.8. The summed E-state index contributed by atoms with van der Waals surface area (Å²) in [6, 6.07) is 16.3. The molecule has 3 aromatic rings. The first kappa shape index (κ1) is 14.0. The van der Waals surface area contributed by atoms with Crippen LogP contribution in [0.2, 0.25) is 0 Å². The largest absolute Gasteiger partial charge is 0.355 e. The fourth-order valence-electron chi connectivity index (χ4n) is 3.24. The van der Waals surface area contributed by atoms with Crippen LogP contribution in [0.3, 0.4) is 0 Å². The van der Waals surface area contributed by atoms with Crippen molar-refractivity contribution in [3.05, 3.63) is 54.2 Å². The molecule has 0 N–H and O–H groups in total. The molecule has 0 spiro atoms. The highest BCUT2D eigenvalue weighted by Crippen LogP contribution is 2.26. The van der Waals surface area contributed by atoms with E-state index in [0.29, 0.717) is 11.5 Å². The number of hydrogen-bond donors (Lipinski definition) is 0. The van der Waals surface area contributed by atoms with Crippen LogP contribution in [-0.4, -0.2) is 28.6 Å². The SMILES string of the molecule is CC1CCCN1C(=O)c1cc(-c2ccc3ccccc3c2)on1. The van der Waals surface area contributed by atoms with Gasteiger partial charge in [0.25, 0.3) is 5.91 Å². The minimum atomic E-state index is -0.0363. The molecule has 4 heteroatoms. The molecule has 4 rings (SSSR count). The van der Waals surface area contributed by atoms with E-state index < -0.39 is 0 Å². The third-order valence-corrected chi connectivity index (χ3v) is 4.58. The molecule has 1 unspecified atom stereocenters. The van der Waals surface area contributed by atoms with Gasteiger partial charge in [0.2, 0.25) is 0 Å². The predicted octanol–water partition coefficient (Wildman–Crippen LogP) is 4.12. The molecule has 1 aliphatic rings. The fourth-order valence-corrected chi connectivity index (χ4v) is 3.24. The summed E-state index contributed by atoms with van der Waals surface area (Å²) in [6.07, 6.45) is 2.11. The number of fused-ring (bicyclic) bond motifs is 1. The first-order valence-corrected chi connectivity index (χ1v) is 7.99. The van der Waals surface area contributed by atoms with E-state index in [0.717, 1.165) is 30.3 Å². The van der Waals surface area contributed by atoms with Crippen molar-refractivity contribution in [1.29, 1.82) is 0 Å². The predicted molar refractivity (Wildman–Crippen MR) is 89.2 cm³/mol. The average molecular weight is 306 g/mol. The van der Waals surface area contributed by atoms with Gasteiger partial charge < -0.3 is 9.42 Å². The van der Waals surface area contributed by atoms with Crippen molar-refractivity contribution in [3.63, 3.8) is 0 Å². The molecule has 1 saturated heterocycles. The van der Waals surface area contributed by atoms with E-state index in [1.165, 1.54) is 5.39 Å². The Morgan fingerprint density at radius 3 is 2.78 bits per heavy atom. The van der Waals surface area contributed by atoms with Gasteiger partial charge in [0, 0.05) is 24.2 Å². The molecule has 1 atom stereocenters. The van der Waals surface area contributed by atoms with Gasteiger partial charge in [-0.25, -0.2) is 0 Å². The zero-order valence-electron chi connectivity index (χ0n) is 13.0. The topological polar surface area (TPSA) is 46.3 Å². The zero-order valence-corrected chi connectivity index (χ0v) is 13.0. The highest BCUT2D eigenvalue weighted by molar-refractivity contribution is 5.94. The highest BCUT2D eigenvalue weighted by atomic mass is 16.5. The van der Waals surface area contributed by atoms with Crippen LogP contribution >= 0.6 is 0 Å². The summed E-state index contributed by atoms with van der Waals surface area (Å²) in [6.45, 7) is 2.88. The molecule has 2 heterocycles. The van der Waals surface area contributed by atoms with E-state index in [-0.39, 0.29) is 11.9 Å². The van der Waals surface area contributed by atoms with Crippen molar-refractivity contribution >= 4 is 16.7 Å². The smallest absolute Gasteiger partial charge is 0.276 e. The molecule has 23 heavy (non-hydrogen) atoms. The molecule has 0 aliphatic carbocycles. The average Bonchev–Trinajstić information content (AvgIpc) is 3.23. The molecule has 1 aromatic heterocycles. The second kappa shape index (κ2) is 5.54. The Bertz CT molecular complexity index is 868. The van der Waals surface area contributed by atoms with E-state index in [4.69, 9.17) is 4.52 Å². The summed E-state index contributed by atoms with van der Waals surface area (Å²) >= 11 is 0. The second-order valence-electron chi connectivity index (χ2n) is 6.13. The summed E-state index contributed by atoms with van der Waals surface area (Å²) < 4.78 is 5.42. The molecular weight excluding hydrogens is 288 g/mol. The lowest BCUT2D eigenvalue weighted by Crippen LogP contribution is -2.33. The Hall–Kier alpha value is -2.62. The minimum absolute atomic E-state index is 0.0363. The lowest BCUT2D eigenvalue weighted by molar-refractivity contribution is 0.0737. The molecule has 1 amide bonds. The van der Waals surface area contributed by atoms with E-state index >= 15 is 0 Å². The first-order valence-electron chi connectivity index (χ1n) is 7.99. The number of likely N-dealkylation sites (tertiary alicyclic amines) is 1. The van der Waals surface area contributed by atoms with Crippen molar-refractivity contribution < 1.29 is 9.32 Å². The van der Waals surface area contributed by atoms with Crippen molar-refractivity contribution in [3.8, 4) is 11.3 Å². The van der Waals surface area contributed by atoms with Crippen molar-refractivity contribution in [2.45, 2.75) is 25.8 Å². The zero-order chi connectivity index (χ0) is 15.8. The van der Waals surface area contributed by atoms with Crippen LogP contribution < -0.4 is 0 Å². The summed E-state index contributed by atoms with van der Waals surface area (Å²) in [7, 11) is 0. The van der Waals surface area contributed by atoms with Crippen LogP contribution in [0.25, 0.3) is 22.1 Å². The van der Waals surface area contributed by atoms with Gasteiger partial charge in [-0.3, -0.25) is 4.79 Å². The van der Waals surface area contributed by atoms with Crippen LogP contribution in [0.15, 0.2) is 53.1 Å². The summed E-state index contributed by atoms with van der Waals surface area (Å²) in [5, 5.41) is 6.31. The second-order valence-corrected chi connectivity index (χ2v) is 6.13. The van der Waals surface area contributed by atoms with Crippen LogP contribution in [0, 0.1) is 0 Å². The van der Waals surface area contributed by atoms with Crippen LogP contribution in [0.4, 0.5) is 0 Å². The number of amides is 1. The third-order valence-electron chi connectivity index (χ3n) is 4.58. The molecule has 0 radical (unpaired) electrons. The van der Waals surface area contributed by atoms with Gasteiger partial charge in [0.15, 0.2) is 11.5 Å². The Morgan fingerprint density at radius 2 is 2.00 bits per heavy atom. The van der Waals surface area contributed by atoms with Crippen LogP contribution in [-0.2, 0) is 0 Å². The quantitative estimate of drug-likeness (QED) is 0.715.